The van der Waals surface area contributed by atoms with Gasteiger partial charge in [0.15, 0.2) is 5.96 Å². The Labute approximate surface area is 183 Å². The van der Waals surface area contributed by atoms with Gasteiger partial charge in [-0.05, 0) is 24.6 Å². The molecule has 0 bridgehead atoms. The van der Waals surface area contributed by atoms with Crippen molar-refractivity contribution < 1.29 is 4.74 Å². The number of rotatable bonds is 9. The van der Waals surface area contributed by atoms with Crippen molar-refractivity contribution in [1.29, 1.82) is 0 Å². The monoisotopic (exact) mass is 431 g/mol. The van der Waals surface area contributed by atoms with Crippen LogP contribution in [0, 0.1) is 0 Å². The fraction of sp³-hybridized carbons (Fsp3) is 0.571. The van der Waals surface area contributed by atoms with Crippen molar-refractivity contribution in [3.63, 3.8) is 0 Å². The highest BCUT2D eigenvalue weighted by atomic mass is 32.1. The van der Waals surface area contributed by atoms with E-state index in [1.807, 2.05) is 0 Å². The molecule has 1 aromatic carbocycles. The first kappa shape index (κ1) is 22.3. The van der Waals surface area contributed by atoms with Crippen molar-refractivity contribution in [2.24, 2.45) is 4.99 Å². The smallest absolute Gasteiger partial charge is 0.205 e. The van der Waals surface area contributed by atoms with E-state index in [0.29, 0.717) is 13.2 Å². The number of nitrogens with one attached hydrogen (secondary N) is 2. The molecule has 0 amide bonds. The van der Waals surface area contributed by atoms with Gasteiger partial charge in [-0.3, -0.25) is 0 Å². The number of anilines is 2. The first-order chi connectivity index (χ1) is 14.7. The summed E-state index contributed by atoms with van der Waals surface area (Å²) >= 11 is 1.50. The maximum Gasteiger partial charge on any atom is 0.205 e. The largest absolute Gasteiger partial charge is 0.383 e. The lowest BCUT2D eigenvalue weighted by atomic mass is 10.2. The number of aromatic nitrogens is 2. The summed E-state index contributed by atoms with van der Waals surface area (Å²) in [5.74, 6) is 1.92. The summed E-state index contributed by atoms with van der Waals surface area (Å²) in [5, 5.41) is 7.81. The summed E-state index contributed by atoms with van der Waals surface area (Å²) in [7, 11) is 1.71. The molecule has 0 spiro atoms. The second-order valence-electron chi connectivity index (χ2n) is 7.11. The van der Waals surface area contributed by atoms with Crippen molar-refractivity contribution in [3.05, 3.63) is 35.7 Å². The standard InChI is InChI=1S/C21H33N7OS/c1-4-19-25-21(30-26-19)28-13-11-27(12-14-28)20(22-5-2)24-16-17-6-8-18(9-7-17)23-10-15-29-3/h6-9,23H,4-5,10-16H2,1-3H3,(H,22,24). The molecule has 0 unspecified atom stereocenters. The third-order valence-corrected chi connectivity index (χ3v) is 5.77. The Kier molecular flexibility index (Phi) is 8.70. The van der Waals surface area contributed by atoms with Gasteiger partial charge in [-0.2, -0.15) is 4.37 Å². The van der Waals surface area contributed by atoms with Crippen LogP contribution >= 0.6 is 11.5 Å². The van der Waals surface area contributed by atoms with Gasteiger partial charge >= 0.3 is 0 Å². The van der Waals surface area contributed by atoms with Crippen LogP contribution in [0.1, 0.15) is 25.2 Å². The van der Waals surface area contributed by atoms with Crippen molar-refractivity contribution in [2.45, 2.75) is 26.8 Å². The van der Waals surface area contributed by atoms with Gasteiger partial charge in [0.1, 0.15) is 5.82 Å². The molecule has 1 fully saturated rings. The maximum atomic E-state index is 5.07. The Balaban J connectivity index is 1.54. The molecule has 0 atom stereocenters. The minimum absolute atomic E-state index is 0.664. The molecule has 0 aliphatic carbocycles. The lowest BCUT2D eigenvalue weighted by Crippen LogP contribution is -2.52. The van der Waals surface area contributed by atoms with Crippen LogP contribution < -0.4 is 15.5 Å². The minimum Gasteiger partial charge on any atom is -0.383 e. The molecule has 8 nitrogen and oxygen atoms in total. The molecule has 1 aliphatic rings. The summed E-state index contributed by atoms with van der Waals surface area (Å²) in [6.07, 6.45) is 0.887. The molecule has 2 N–H and O–H groups in total. The van der Waals surface area contributed by atoms with Gasteiger partial charge in [-0.1, -0.05) is 19.1 Å². The Hall–Kier alpha value is -2.39. The molecule has 2 aromatic rings. The fourth-order valence-electron chi connectivity index (χ4n) is 3.24. The number of piperazine rings is 1. The first-order valence-electron chi connectivity index (χ1n) is 10.7. The van der Waals surface area contributed by atoms with Crippen LogP contribution in [0.5, 0.6) is 0 Å². The predicted octanol–water partition coefficient (Wildman–Crippen LogP) is 2.45. The third-order valence-electron chi connectivity index (χ3n) is 4.96. The second kappa shape index (κ2) is 11.7. The predicted molar refractivity (Wildman–Crippen MR) is 125 cm³/mol. The van der Waals surface area contributed by atoms with E-state index in [1.165, 1.54) is 17.1 Å². The zero-order valence-electron chi connectivity index (χ0n) is 18.2. The van der Waals surface area contributed by atoms with E-state index < -0.39 is 0 Å². The Morgan fingerprint density at radius 2 is 1.93 bits per heavy atom. The summed E-state index contributed by atoms with van der Waals surface area (Å²) in [5.41, 5.74) is 2.30. The average Bonchev–Trinajstić information content (AvgIpc) is 3.27. The number of hydrogen-bond acceptors (Lipinski definition) is 7. The topological polar surface area (TPSA) is 77.9 Å². The molecular formula is C21H33N7OS. The average molecular weight is 432 g/mol. The second-order valence-corrected chi connectivity index (χ2v) is 7.84. The highest BCUT2D eigenvalue weighted by Gasteiger charge is 2.22. The summed E-state index contributed by atoms with van der Waals surface area (Å²) in [6, 6.07) is 8.44. The number of methoxy groups -OCH3 is 1. The molecule has 3 rings (SSSR count). The van der Waals surface area contributed by atoms with E-state index in [4.69, 9.17) is 9.73 Å². The highest BCUT2D eigenvalue weighted by Crippen LogP contribution is 2.19. The number of ether oxygens (including phenoxy) is 1. The molecule has 30 heavy (non-hydrogen) atoms. The summed E-state index contributed by atoms with van der Waals surface area (Å²) < 4.78 is 9.48. The molecule has 1 aromatic heterocycles. The van der Waals surface area contributed by atoms with E-state index >= 15 is 0 Å². The Morgan fingerprint density at radius 1 is 1.17 bits per heavy atom. The van der Waals surface area contributed by atoms with Crippen LogP contribution in [0.4, 0.5) is 10.8 Å². The van der Waals surface area contributed by atoms with Crippen LogP contribution in [-0.4, -0.2) is 73.2 Å². The van der Waals surface area contributed by atoms with Gasteiger partial charge in [0, 0.05) is 70.0 Å². The fourth-order valence-corrected chi connectivity index (χ4v) is 4.04. The van der Waals surface area contributed by atoms with Gasteiger partial charge in [0.25, 0.3) is 0 Å². The summed E-state index contributed by atoms with van der Waals surface area (Å²) in [4.78, 5) is 14.2. The molecule has 9 heteroatoms. The molecule has 1 saturated heterocycles. The Morgan fingerprint density at radius 3 is 2.57 bits per heavy atom. The van der Waals surface area contributed by atoms with E-state index in [1.54, 1.807) is 7.11 Å². The van der Waals surface area contributed by atoms with Crippen LogP contribution in [0.3, 0.4) is 0 Å². The van der Waals surface area contributed by atoms with Crippen LogP contribution in [0.2, 0.25) is 0 Å². The van der Waals surface area contributed by atoms with Crippen molar-refractivity contribution in [3.8, 4) is 0 Å². The van der Waals surface area contributed by atoms with E-state index in [-0.39, 0.29) is 0 Å². The SMILES string of the molecule is CCNC(=NCc1ccc(NCCOC)cc1)N1CCN(c2nc(CC)ns2)CC1. The van der Waals surface area contributed by atoms with E-state index in [2.05, 4.69) is 67.9 Å². The van der Waals surface area contributed by atoms with Crippen molar-refractivity contribution >= 4 is 28.3 Å². The van der Waals surface area contributed by atoms with E-state index in [0.717, 1.165) is 68.3 Å². The number of guanidine groups is 1. The normalized spacial score (nSPS) is 14.8. The lowest BCUT2D eigenvalue weighted by Gasteiger charge is -2.36. The number of hydrogen-bond donors (Lipinski definition) is 2. The first-order valence-corrected chi connectivity index (χ1v) is 11.4. The van der Waals surface area contributed by atoms with Crippen LogP contribution in [-0.2, 0) is 17.7 Å². The number of aryl methyl sites for hydroxylation is 1. The maximum absolute atomic E-state index is 5.07. The zero-order valence-corrected chi connectivity index (χ0v) is 19.0. The van der Waals surface area contributed by atoms with Crippen LogP contribution in [0.25, 0.3) is 0 Å². The molecule has 1 aliphatic heterocycles. The zero-order chi connectivity index (χ0) is 21.2. The van der Waals surface area contributed by atoms with Gasteiger partial charge in [-0.15, -0.1) is 0 Å². The Bertz CT molecular complexity index is 785. The molecule has 0 radical (unpaired) electrons. The highest BCUT2D eigenvalue weighted by molar-refractivity contribution is 7.09. The number of nitrogens with zero attached hydrogens (tertiary/aromatic N) is 5. The number of benzene rings is 1. The van der Waals surface area contributed by atoms with Crippen molar-refractivity contribution in [2.75, 3.05) is 63.2 Å². The quantitative estimate of drug-likeness (QED) is 0.359. The minimum atomic E-state index is 0.664. The molecule has 0 saturated carbocycles. The van der Waals surface area contributed by atoms with Crippen molar-refractivity contribution in [1.82, 2.24) is 19.6 Å². The number of aliphatic imine (C=N–C) groups is 1. The van der Waals surface area contributed by atoms with Gasteiger partial charge < -0.3 is 25.2 Å². The molecule has 164 valence electrons. The van der Waals surface area contributed by atoms with Gasteiger partial charge in [0.2, 0.25) is 5.13 Å². The molecular weight excluding hydrogens is 398 g/mol. The third kappa shape index (κ3) is 6.30. The van der Waals surface area contributed by atoms with Crippen LogP contribution in [0.15, 0.2) is 29.3 Å². The lowest BCUT2D eigenvalue weighted by molar-refractivity contribution is 0.211. The van der Waals surface area contributed by atoms with Gasteiger partial charge in [0.05, 0.1) is 13.2 Å². The molecule has 2 heterocycles. The van der Waals surface area contributed by atoms with E-state index in [9.17, 15) is 0 Å². The summed E-state index contributed by atoms with van der Waals surface area (Å²) in [6.45, 7) is 11.0. The van der Waals surface area contributed by atoms with Gasteiger partial charge in [-0.25, -0.2) is 9.98 Å².